The number of hydrogen-bond donors (Lipinski definition) is 1. The van der Waals surface area contributed by atoms with E-state index in [2.05, 4.69) is 11.8 Å². The predicted octanol–water partition coefficient (Wildman–Crippen LogP) is 2.31. The molecule has 1 atom stereocenters. The van der Waals surface area contributed by atoms with Gasteiger partial charge < -0.3 is 5.73 Å². The topological polar surface area (TPSA) is 29.3 Å². The first-order valence-electron chi connectivity index (χ1n) is 6.45. The molecule has 2 nitrogen and oxygen atoms in total. The van der Waals surface area contributed by atoms with Crippen LogP contribution in [0.5, 0.6) is 0 Å². The largest absolute Gasteiger partial charge is 0.327 e. The lowest BCUT2D eigenvalue weighted by Crippen LogP contribution is -2.42. The predicted molar refractivity (Wildman–Crippen MR) is 68.3 cm³/mol. The molecule has 1 saturated heterocycles. The van der Waals surface area contributed by atoms with Crippen LogP contribution in [-0.4, -0.2) is 24.0 Å². The van der Waals surface area contributed by atoms with Gasteiger partial charge in [0.1, 0.15) is 5.82 Å². The molecule has 1 aromatic carbocycles. The molecule has 0 radical (unpaired) electrons. The van der Waals surface area contributed by atoms with Crippen LogP contribution in [0, 0.1) is 5.82 Å². The molecule has 2 rings (SSSR count). The van der Waals surface area contributed by atoms with E-state index in [0.29, 0.717) is 6.54 Å². The Balaban J connectivity index is 2.12. The molecule has 1 heterocycles. The molecule has 2 N–H and O–H groups in total. The molecular formula is C14H21FN2. The average Bonchev–Trinajstić information content (AvgIpc) is 2.32. The fourth-order valence-electron chi connectivity index (χ4n) is 2.57. The van der Waals surface area contributed by atoms with Crippen LogP contribution in [0.25, 0.3) is 0 Å². The van der Waals surface area contributed by atoms with E-state index in [4.69, 9.17) is 5.73 Å². The highest BCUT2D eigenvalue weighted by molar-refractivity contribution is 5.28. The third-order valence-corrected chi connectivity index (χ3v) is 3.52. The van der Waals surface area contributed by atoms with Crippen molar-refractivity contribution in [3.05, 3.63) is 35.1 Å². The lowest BCUT2D eigenvalue weighted by molar-refractivity contribution is 0.199. The van der Waals surface area contributed by atoms with Crippen LogP contribution in [0.1, 0.15) is 30.9 Å². The van der Waals surface area contributed by atoms with Gasteiger partial charge in [-0.1, -0.05) is 19.1 Å². The van der Waals surface area contributed by atoms with Gasteiger partial charge >= 0.3 is 0 Å². The zero-order valence-electron chi connectivity index (χ0n) is 10.5. The summed E-state index contributed by atoms with van der Waals surface area (Å²) in [5.41, 5.74) is 7.92. The number of halogens is 1. The van der Waals surface area contributed by atoms with Crippen molar-refractivity contribution in [2.45, 2.75) is 38.8 Å². The van der Waals surface area contributed by atoms with Gasteiger partial charge in [-0.2, -0.15) is 0 Å². The van der Waals surface area contributed by atoms with Gasteiger partial charge in [0, 0.05) is 24.7 Å². The summed E-state index contributed by atoms with van der Waals surface area (Å²) >= 11 is 0. The average molecular weight is 236 g/mol. The van der Waals surface area contributed by atoms with Crippen molar-refractivity contribution >= 4 is 0 Å². The van der Waals surface area contributed by atoms with Crippen LogP contribution in [0.4, 0.5) is 4.39 Å². The van der Waals surface area contributed by atoms with Gasteiger partial charge in [-0.3, -0.25) is 4.90 Å². The van der Waals surface area contributed by atoms with E-state index in [-0.39, 0.29) is 11.9 Å². The third kappa shape index (κ3) is 3.05. The molecule has 1 unspecified atom stereocenters. The molecule has 1 aliphatic heterocycles. The van der Waals surface area contributed by atoms with E-state index in [1.807, 2.05) is 6.07 Å². The first-order chi connectivity index (χ1) is 8.20. The van der Waals surface area contributed by atoms with Crippen LogP contribution in [0.15, 0.2) is 18.2 Å². The van der Waals surface area contributed by atoms with E-state index >= 15 is 0 Å². The number of rotatable bonds is 3. The van der Waals surface area contributed by atoms with Crippen molar-refractivity contribution < 1.29 is 4.39 Å². The molecule has 0 spiro atoms. The molecule has 0 amide bonds. The summed E-state index contributed by atoms with van der Waals surface area (Å²) in [6.07, 6.45) is 3.10. The summed E-state index contributed by atoms with van der Waals surface area (Å²) < 4.78 is 13.8. The van der Waals surface area contributed by atoms with Crippen LogP contribution >= 0.6 is 0 Å². The van der Waals surface area contributed by atoms with Crippen LogP contribution in [0.2, 0.25) is 0 Å². The smallest absolute Gasteiger partial charge is 0.127 e. The van der Waals surface area contributed by atoms with Crippen molar-refractivity contribution in [2.24, 2.45) is 5.73 Å². The van der Waals surface area contributed by atoms with E-state index in [1.165, 1.54) is 0 Å². The van der Waals surface area contributed by atoms with Gasteiger partial charge in [0.25, 0.3) is 0 Å². The Morgan fingerprint density at radius 2 is 2.29 bits per heavy atom. The highest BCUT2D eigenvalue weighted by Crippen LogP contribution is 2.19. The summed E-state index contributed by atoms with van der Waals surface area (Å²) in [6.45, 7) is 4.69. The van der Waals surface area contributed by atoms with Crippen LogP contribution in [-0.2, 0) is 13.0 Å². The van der Waals surface area contributed by atoms with Gasteiger partial charge in [-0.25, -0.2) is 4.39 Å². The SMILES string of the molecule is CCc1cccc(F)c1CN1CCCC(N)C1. The first-order valence-corrected chi connectivity index (χ1v) is 6.45. The molecule has 0 bridgehead atoms. The Kier molecular flexibility index (Phi) is 4.13. The Hall–Kier alpha value is -0.930. The Morgan fingerprint density at radius 1 is 1.47 bits per heavy atom. The van der Waals surface area contributed by atoms with Crippen LogP contribution in [0.3, 0.4) is 0 Å². The van der Waals surface area contributed by atoms with Crippen molar-refractivity contribution in [3.63, 3.8) is 0 Å². The van der Waals surface area contributed by atoms with Gasteiger partial charge in [0.15, 0.2) is 0 Å². The second-order valence-electron chi connectivity index (χ2n) is 4.87. The van der Waals surface area contributed by atoms with E-state index in [9.17, 15) is 4.39 Å². The van der Waals surface area contributed by atoms with E-state index < -0.39 is 0 Å². The zero-order valence-corrected chi connectivity index (χ0v) is 10.5. The molecule has 94 valence electrons. The quantitative estimate of drug-likeness (QED) is 0.872. The zero-order chi connectivity index (χ0) is 12.3. The van der Waals surface area contributed by atoms with Crippen molar-refractivity contribution in [1.29, 1.82) is 0 Å². The molecular weight excluding hydrogens is 215 g/mol. The molecule has 1 aliphatic rings. The molecule has 1 fully saturated rings. The maximum atomic E-state index is 13.8. The number of nitrogens with zero attached hydrogens (tertiary/aromatic N) is 1. The normalized spacial score (nSPS) is 21.7. The number of hydrogen-bond acceptors (Lipinski definition) is 2. The van der Waals surface area contributed by atoms with Crippen molar-refractivity contribution in [1.82, 2.24) is 4.90 Å². The van der Waals surface area contributed by atoms with E-state index in [1.54, 1.807) is 12.1 Å². The van der Waals surface area contributed by atoms with Gasteiger partial charge in [0.05, 0.1) is 0 Å². The maximum Gasteiger partial charge on any atom is 0.127 e. The molecule has 1 aromatic rings. The lowest BCUT2D eigenvalue weighted by atomic mass is 10.0. The molecule has 3 heteroatoms. The Labute approximate surface area is 103 Å². The minimum Gasteiger partial charge on any atom is -0.327 e. The fourth-order valence-corrected chi connectivity index (χ4v) is 2.57. The standard InChI is InChI=1S/C14H21FN2/c1-2-11-5-3-7-14(15)13(11)10-17-8-4-6-12(16)9-17/h3,5,7,12H,2,4,6,8-10,16H2,1H3. The summed E-state index contributed by atoms with van der Waals surface area (Å²) in [4.78, 5) is 2.27. The fraction of sp³-hybridized carbons (Fsp3) is 0.571. The summed E-state index contributed by atoms with van der Waals surface area (Å²) in [5.74, 6) is -0.0801. The lowest BCUT2D eigenvalue weighted by Gasteiger charge is -2.31. The number of nitrogens with two attached hydrogens (primary N) is 1. The monoisotopic (exact) mass is 236 g/mol. The summed E-state index contributed by atoms with van der Waals surface area (Å²) in [6, 6.07) is 5.61. The third-order valence-electron chi connectivity index (χ3n) is 3.52. The van der Waals surface area contributed by atoms with E-state index in [0.717, 1.165) is 43.5 Å². The summed E-state index contributed by atoms with van der Waals surface area (Å²) in [7, 11) is 0. The van der Waals surface area contributed by atoms with Gasteiger partial charge in [0.2, 0.25) is 0 Å². The number of piperidine rings is 1. The minimum atomic E-state index is -0.0801. The molecule has 0 aromatic heterocycles. The Morgan fingerprint density at radius 3 is 3.00 bits per heavy atom. The molecule has 0 saturated carbocycles. The second-order valence-corrected chi connectivity index (χ2v) is 4.87. The van der Waals surface area contributed by atoms with Gasteiger partial charge in [-0.15, -0.1) is 0 Å². The highest BCUT2D eigenvalue weighted by Gasteiger charge is 2.18. The Bertz CT molecular complexity index is 378. The van der Waals surface area contributed by atoms with Crippen molar-refractivity contribution in [2.75, 3.05) is 13.1 Å². The molecule has 17 heavy (non-hydrogen) atoms. The summed E-state index contributed by atoms with van der Waals surface area (Å²) in [5, 5.41) is 0. The van der Waals surface area contributed by atoms with Crippen LogP contribution < -0.4 is 5.73 Å². The first kappa shape index (κ1) is 12.5. The second kappa shape index (κ2) is 5.61. The molecule has 0 aliphatic carbocycles. The number of likely N-dealkylation sites (tertiary alicyclic amines) is 1. The number of benzene rings is 1. The highest BCUT2D eigenvalue weighted by atomic mass is 19.1. The van der Waals surface area contributed by atoms with Gasteiger partial charge in [-0.05, 0) is 37.4 Å². The number of aryl methyl sites for hydroxylation is 1. The van der Waals surface area contributed by atoms with Crippen molar-refractivity contribution in [3.8, 4) is 0 Å². The maximum absolute atomic E-state index is 13.8. The minimum absolute atomic E-state index is 0.0801.